The third kappa shape index (κ3) is 5.36. The van der Waals surface area contributed by atoms with Gasteiger partial charge in [0.2, 0.25) is 5.91 Å². The maximum absolute atomic E-state index is 12.4. The fourth-order valence-electron chi connectivity index (χ4n) is 3.04. The Hall–Kier alpha value is -2.85. The van der Waals surface area contributed by atoms with Gasteiger partial charge in [0.25, 0.3) is 11.5 Å². The molecular weight excluding hydrogens is 394 g/mol. The van der Waals surface area contributed by atoms with E-state index in [0.717, 1.165) is 11.8 Å². The first-order valence-corrected chi connectivity index (χ1v) is 10.1. The number of nitrogen functional groups attached to an aromatic ring is 1. The molecule has 9 nitrogen and oxygen atoms in total. The average molecular weight is 417 g/mol. The maximum Gasteiger partial charge on any atom is 0.277 e. The number of H-pyrrole nitrogens is 1. The quantitative estimate of drug-likeness (QED) is 0.494. The van der Waals surface area contributed by atoms with E-state index in [1.165, 1.54) is 0 Å². The highest BCUT2D eigenvalue weighted by molar-refractivity contribution is 7.99. The van der Waals surface area contributed by atoms with Crippen molar-refractivity contribution in [3.05, 3.63) is 46.2 Å². The van der Waals surface area contributed by atoms with Crippen molar-refractivity contribution < 1.29 is 14.3 Å². The summed E-state index contributed by atoms with van der Waals surface area (Å²) in [4.78, 5) is 45.4. The molecular formula is C19H23N5O4S. The first kappa shape index (κ1) is 20.9. The summed E-state index contributed by atoms with van der Waals surface area (Å²) >= 11 is 1.09. The summed E-state index contributed by atoms with van der Waals surface area (Å²) in [5.41, 5.74) is 5.56. The lowest BCUT2D eigenvalue weighted by atomic mass is 10.2. The highest BCUT2D eigenvalue weighted by Crippen LogP contribution is 2.19. The summed E-state index contributed by atoms with van der Waals surface area (Å²) in [7, 11) is 0. The van der Waals surface area contributed by atoms with Crippen LogP contribution >= 0.6 is 11.8 Å². The molecule has 2 amide bonds. The number of morpholine rings is 1. The lowest BCUT2D eigenvalue weighted by Crippen LogP contribution is -2.48. The van der Waals surface area contributed by atoms with Crippen LogP contribution in [0.25, 0.3) is 0 Å². The monoisotopic (exact) mass is 417 g/mol. The van der Waals surface area contributed by atoms with Gasteiger partial charge in [-0.1, -0.05) is 30.0 Å². The standard InChI is InChI=1S/C19H23N5O4S/c1-11-8-24(9-12(2)28-11)14(25)10-29-19-22-16(20)15(18(27)23-19)21-17(26)13-6-4-3-5-7-13/h3-7,11-12H,8-10H2,1-2H3,(H,21,26)(H3,20,22,23,27)/t11-,12-/m0/s1. The summed E-state index contributed by atoms with van der Waals surface area (Å²) < 4.78 is 5.63. The van der Waals surface area contributed by atoms with Crippen LogP contribution in [0.15, 0.2) is 40.3 Å². The number of ether oxygens (including phenoxy) is 1. The topological polar surface area (TPSA) is 130 Å². The molecule has 10 heteroatoms. The zero-order chi connectivity index (χ0) is 21.0. The predicted octanol–water partition coefficient (Wildman–Crippen LogP) is 1.33. The highest BCUT2D eigenvalue weighted by Gasteiger charge is 2.26. The lowest BCUT2D eigenvalue weighted by molar-refractivity contribution is -0.140. The molecule has 0 saturated carbocycles. The number of carbonyl (C=O) groups is 2. The minimum atomic E-state index is -0.578. The molecule has 1 saturated heterocycles. The fourth-order valence-corrected chi connectivity index (χ4v) is 3.81. The molecule has 154 valence electrons. The van der Waals surface area contributed by atoms with E-state index in [2.05, 4.69) is 15.3 Å². The number of thioether (sulfide) groups is 1. The van der Waals surface area contributed by atoms with Gasteiger partial charge in [0.15, 0.2) is 11.0 Å². The fraction of sp³-hybridized carbons (Fsp3) is 0.368. The molecule has 1 fully saturated rings. The number of aromatic amines is 1. The van der Waals surface area contributed by atoms with Crippen LogP contribution in [0.4, 0.5) is 11.5 Å². The third-order valence-electron chi connectivity index (χ3n) is 4.30. The largest absolute Gasteiger partial charge is 0.382 e. The SMILES string of the molecule is C[C@H]1CN(C(=O)CSc2nc(N)c(NC(=O)c3ccccc3)c(=O)[nH]2)C[C@H](C)O1. The summed E-state index contributed by atoms with van der Waals surface area (Å²) in [5.74, 6) is -0.533. The second-order valence-corrected chi connectivity index (χ2v) is 7.76. The van der Waals surface area contributed by atoms with Gasteiger partial charge in [-0.15, -0.1) is 0 Å². The van der Waals surface area contributed by atoms with Gasteiger partial charge in [-0.2, -0.15) is 0 Å². The van der Waals surface area contributed by atoms with Crippen molar-refractivity contribution in [1.29, 1.82) is 0 Å². The smallest absolute Gasteiger partial charge is 0.277 e. The second kappa shape index (κ2) is 9.10. The molecule has 1 aliphatic rings. The van der Waals surface area contributed by atoms with Gasteiger partial charge in [-0.25, -0.2) is 4.98 Å². The van der Waals surface area contributed by atoms with Gasteiger partial charge < -0.3 is 20.7 Å². The Balaban J connectivity index is 1.64. The average Bonchev–Trinajstić information content (AvgIpc) is 2.68. The Morgan fingerprint density at radius 3 is 2.55 bits per heavy atom. The Bertz CT molecular complexity index is 939. The molecule has 1 aliphatic heterocycles. The van der Waals surface area contributed by atoms with Crippen molar-refractivity contribution in [3.8, 4) is 0 Å². The number of hydrogen-bond acceptors (Lipinski definition) is 7. The summed E-state index contributed by atoms with van der Waals surface area (Å²) in [6.45, 7) is 4.90. The van der Waals surface area contributed by atoms with Crippen LogP contribution < -0.4 is 16.6 Å². The summed E-state index contributed by atoms with van der Waals surface area (Å²) in [6, 6.07) is 8.46. The summed E-state index contributed by atoms with van der Waals surface area (Å²) in [5, 5.41) is 2.70. The Kier molecular flexibility index (Phi) is 6.55. The number of carbonyl (C=O) groups excluding carboxylic acids is 2. The lowest BCUT2D eigenvalue weighted by Gasteiger charge is -2.35. The van der Waals surface area contributed by atoms with Gasteiger partial charge in [0.05, 0.1) is 18.0 Å². The third-order valence-corrected chi connectivity index (χ3v) is 5.16. The van der Waals surface area contributed by atoms with E-state index in [0.29, 0.717) is 18.7 Å². The molecule has 2 aromatic rings. The van der Waals surface area contributed by atoms with E-state index in [1.807, 2.05) is 13.8 Å². The first-order valence-electron chi connectivity index (χ1n) is 9.15. The van der Waals surface area contributed by atoms with Crippen LogP contribution in [-0.4, -0.2) is 57.7 Å². The number of nitrogens with two attached hydrogens (primary N) is 1. The number of rotatable bonds is 5. The number of benzene rings is 1. The van der Waals surface area contributed by atoms with Crippen LogP contribution in [0.1, 0.15) is 24.2 Å². The Morgan fingerprint density at radius 2 is 1.93 bits per heavy atom. The van der Waals surface area contributed by atoms with Crippen molar-refractivity contribution in [2.24, 2.45) is 0 Å². The molecule has 29 heavy (non-hydrogen) atoms. The van der Waals surface area contributed by atoms with E-state index >= 15 is 0 Å². The first-order chi connectivity index (χ1) is 13.8. The van der Waals surface area contributed by atoms with Crippen molar-refractivity contribution in [1.82, 2.24) is 14.9 Å². The zero-order valence-electron chi connectivity index (χ0n) is 16.2. The van der Waals surface area contributed by atoms with Gasteiger partial charge >= 0.3 is 0 Å². The van der Waals surface area contributed by atoms with E-state index in [-0.39, 0.29) is 40.5 Å². The van der Waals surface area contributed by atoms with E-state index in [1.54, 1.807) is 35.2 Å². The number of nitrogens with zero attached hydrogens (tertiary/aromatic N) is 2. The van der Waals surface area contributed by atoms with Crippen molar-refractivity contribution in [2.45, 2.75) is 31.2 Å². The minimum Gasteiger partial charge on any atom is -0.382 e. The van der Waals surface area contributed by atoms with Crippen LogP contribution in [0, 0.1) is 0 Å². The zero-order valence-corrected chi connectivity index (χ0v) is 17.0. The number of nitrogens with one attached hydrogen (secondary N) is 2. The van der Waals surface area contributed by atoms with Crippen LogP contribution in [-0.2, 0) is 9.53 Å². The van der Waals surface area contributed by atoms with Gasteiger partial charge in [0, 0.05) is 18.7 Å². The Morgan fingerprint density at radius 1 is 1.28 bits per heavy atom. The molecule has 0 unspecified atom stereocenters. The number of aromatic nitrogens is 2. The Labute approximate surface area is 172 Å². The van der Waals surface area contributed by atoms with Gasteiger partial charge in [0.1, 0.15) is 5.69 Å². The second-order valence-electron chi connectivity index (χ2n) is 6.80. The molecule has 0 spiro atoms. The molecule has 0 radical (unpaired) electrons. The van der Waals surface area contributed by atoms with Gasteiger partial charge in [-0.3, -0.25) is 19.4 Å². The van der Waals surface area contributed by atoms with Crippen LogP contribution in [0.2, 0.25) is 0 Å². The van der Waals surface area contributed by atoms with Crippen molar-refractivity contribution in [2.75, 3.05) is 29.9 Å². The van der Waals surface area contributed by atoms with E-state index < -0.39 is 11.5 Å². The molecule has 2 atom stereocenters. The summed E-state index contributed by atoms with van der Waals surface area (Å²) in [6.07, 6.45) is -0.0393. The van der Waals surface area contributed by atoms with Crippen molar-refractivity contribution in [3.63, 3.8) is 0 Å². The van der Waals surface area contributed by atoms with Gasteiger partial charge in [-0.05, 0) is 26.0 Å². The maximum atomic E-state index is 12.4. The number of anilines is 2. The minimum absolute atomic E-state index is 0.0196. The number of hydrogen-bond donors (Lipinski definition) is 3. The molecule has 2 heterocycles. The normalized spacial score (nSPS) is 19.0. The van der Waals surface area contributed by atoms with Crippen LogP contribution in [0.3, 0.4) is 0 Å². The predicted molar refractivity (Wildman–Crippen MR) is 111 cm³/mol. The molecule has 1 aromatic carbocycles. The molecule has 0 aliphatic carbocycles. The molecule has 4 N–H and O–H groups in total. The molecule has 0 bridgehead atoms. The van der Waals surface area contributed by atoms with E-state index in [9.17, 15) is 14.4 Å². The van der Waals surface area contributed by atoms with Crippen LogP contribution in [0.5, 0.6) is 0 Å². The van der Waals surface area contributed by atoms with Crippen molar-refractivity contribution >= 4 is 35.1 Å². The highest BCUT2D eigenvalue weighted by atomic mass is 32.2. The number of amides is 2. The molecule has 1 aromatic heterocycles. The van der Waals surface area contributed by atoms with E-state index in [4.69, 9.17) is 10.5 Å². The molecule has 3 rings (SSSR count).